The van der Waals surface area contributed by atoms with Crippen LogP contribution >= 0.6 is 12.2 Å². The predicted octanol–water partition coefficient (Wildman–Crippen LogP) is 1.84. The first-order valence-electron chi connectivity index (χ1n) is 6.49. The zero-order valence-corrected chi connectivity index (χ0v) is 12.9. The minimum Gasteiger partial charge on any atom is -0.388 e. The lowest BCUT2D eigenvalue weighted by atomic mass is 10.1. The minimum atomic E-state index is -0.102. The molecule has 6 heteroatoms. The predicted molar refractivity (Wildman–Crippen MR) is 80.6 cm³/mol. The molecule has 0 saturated heterocycles. The monoisotopic (exact) mass is 292 g/mol. The molecule has 0 amide bonds. The van der Waals surface area contributed by atoms with Gasteiger partial charge < -0.3 is 9.67 Å². The summed E-state index contributed by atoms with van der Waals surface area (Å²) in [4.78, 5) is 2.13. The van der Waals surface area contributed by atoms with E-state index in [1.54, 1.807) is 9.25 Å². The van der Waals surface area contributed by atoms with Crippen LogP contribution < -0.4 is 0 Å². The molecule has 1 heterocycles. The van der Waals surface area contributed by atoms with Crippen molar-refractivity contribution < 1.29 is 5.11 Å². The summed E-state index contributed by atoms with van der Waals surface area (Å²) in [7, 11) is 3.84. The van der Waals surface area contributed by atoms with Gasteiger partial charge in [-0.3, -0.25) is 4.90 Å². The van der Waals surface area contributed by atoms with Crippen molar-refractivity contribution in [3.8, 4) is 0 Å². The third-order valence-corrected chi connectivity index (χ3v) is 3.71. The molecule has 0 spiro atoms. The third-order valence-electron chi connectivity index (χ3n) is 3.22. The van der Waals surface area contributed by atoms with Crippen molar-refractivity contribution in [1.82, 2.24) is 19.2 Å². The summed E-state index contributed by atoms with van der Waals surface area (Å²) < 4.78 is 4.08. The quantitative estimate of drug-likeness (QED) is 0.854. The smallest absolute Gasteiger partial charge is 0.198 e. The second-order valence-corrected chi connectivity index (χ2v) is 5.42. The molecule has 0 bridgehead atoms. The van der Waals surface area contributed by atoms with Gasteiger partial charge in [-0.2, -0.15) is 5.10 Å². The van der Waals surface area contributed by atoms with E-state index in [0.717, 1.165) is 6.54 Å². The Morgan fingerprint density at radius 1 is 1.30 bits per heavy atom. The molecule has 20 heavy (non-hydrogen) atoms. The normalized spacial score (nSPS) is 11.2. The second kappa shape index (κ2) is 6.30. The third kappa shape index (κ3) is 3.33. The van der Waals surface area contributed by atoms with Gasteiger partial charge in [0.15, 0.2) is 10.6 Å². The maximum atomic E-state index is 9.19. The molecule has 0 saturated carbocycles. The number of aryl methyl sites for hydroxylation is 1. The van der Waals surface area contributed by atoms with Gasteiger partial charge in [-0.15, -0.1) is 0 Å². The number of hydrogen-bond donors (Lipinski definition) is 1. The lowest BCUT2D eigenvalue weighted by Crippen LogP contribution is -2.22. The Morgan fingerprint density at radius 2 is 1.95 bits per heavy atom. The van der Waals surface area contributed by atoms with Crippen molar-refractivity contribution >= 4 is 12.2 Å². The molecule has 0 fully saturated rings. The van der Waals surface area contributed by atoms with E-state index in [1.807, 2.05) is 14.1 Å². The van der Waals surface area contributed by atoms with Crippen LogP contribution in [0, 0.1) is 11.7 Å². The van der Waals surface area contributed by atoms with Crippen LogP contribution in [0.15, 0.2) is 24.3 Å². The molecule has 108 valence electrons. The summed E-state index contributed by atoms with van der Waals surface area (Å²) in [6.45, 7) is 3.40. The second-order valence-electron chi connectivity index (χ2n) is 5.06. The number of aliphatic hydroxyl groups is 1. The van der Waals surface area contributed by atoms with Crippen LogP contribution in [0.1, 0.15) is 17.0 Å². The van der Waals surface area contributed by atoms with E-state index in [0.29, 0.717) is 17.3 Å². The highest BCUT2D eigenvalue weighted by atomic mass is 32.1. The molecule has 0 aliphatic rings. The maximum Gasteiger partial charge on any atom is 0.198 e. The van der Waals surface area contributed by atoms with Crippen LogP contribution in [0.4, 0.5) is 0 Å². The molecular formula is C14H20N4OS. The topological polar surface area (TPSA) is 46.2 Å². The largest absolute Gasteiger partial charge is 0.388 e. The summed E-state index contributed by atoms with van der Waals surface area (Å²) >= 11 is 5.31. The highest BCUT2D eigenvalue weighted by molar-refractivity contribution is 7.71. The SMILES string of the molecule is Cc1ccc(CN(C)Cn2nc(CO)n(C)c2=S)cc1. The fraction of sp³-hybridized carbons (Fsp3) is 0.429. The highest BCUT2D eigenvalue weighted by Crippen LogP contribution is 2.07. The Balaban J connectivity index is 2.06. The Bertz CT molecular complexity index is 630. The van der Waals surface area contributed by atoms with Crippen LogP contribution in [-0.2, 0) is 26.9 Å². The van der Waals surface area contributed by atoms with Crippen molar-refractivity contribution in [3.63, 3.8) is 0 Å². The number of benzene rings is 1. The van der Waals surface area contributed by atoms with Crippen molar-refractivity contribution in [2.24, 2.45) is 7.05 Å². The van der Waals surface area contributed by atoms with Gasteiger partial charge >= 0.3 is 0 Å². The number of rotatable bonds is 5. The molecule has 5 nitrogen and oxygen atoms in total. The van der Waals surface area contributed by atoms with Crippen LogP contribution in [0.2, 0.25) is 0 Å². The van der Waals surface area contributed by atoms with Crippen LogP contribution in [-0.4, -0.2) is 31.4 Å². The molecule has 2 aromatic rings. The molecular weight excluding hydrogens is 272 g/mol. The van der Waals surface area contributed by atoms with E-state index < -0.39 is 0 Å². The molecule has 1 N–H and O–H groups in total. The molecule has 0 atom stereocenters. The molecule has 1 aromatic heterocycles. The summed E-state index contributed by atoms with van der Waals surface area (Å²) in [5.41, 5.74) is 2.51. The lowest BCUT2D eigenvalue weighted by Gasteiger charge is -2.16. The Kier molecular flexibility index (Phi) is 4.69. The molecule has 0 radical (unpaired) electrons. The Hall–Kier alpha value is -1.50. The summed E-state index contributed by atoms with van der Waals surface area (Å²) in [5.74, 6) is 0.582. The van der Waals surface area contributed by atoms with E-state index in [1.165, 1.54) is 11.1 Å². The van der Waals surface area contributed by atoms with Crippen molar-refractivity contribution in [2.75, 3.05) is 7.05 Å². The number of hydrogen-bond acceptors (Lipinski definition) is 4. The summed E-state index contributed by atoms with van der Waals surface area (Å²) in [5, 5.41) is 13.5. The van der Waals surface area contributed by atoms with Gasteiger partial charge in [0.05, 0.1) is 6.67 Å². The first kappa shape index (κ1) is 14.9. The average molecular weight is 292 g/mol. The number of aliphatic hydroxyl groups excluding tert-OH is 1. The summed E-state index contributed by atoms with van der Waals surface area (Å²) in [6.07, 6.45) is 0. The van der Waals surface area contributed by atoms with Crippen molar-refractivity contribution in [1.29, 1.82) is 0 Å². The average Bonchev–Trinajstić information content (AvgIpc) is 2.69. The van der Waals surface area contributed by atoms with E-state index >= 15 is 0 Å². The molecule has 1 aromatic carbocycles. The van der Waals surface area contributed by atoms with Gasteiger partial charge in [0.2, 0.25) is 0 Å². The van der Waals surface area contributed by atoms with E-state index in [-0.39, 0.29) is 6.61 Å². The van der Waals surface area contributed by atoms with Crippen LogP contribution in [0.3, 0.4) is 0 Å². The van der Waals surface area contributed by atoms with Gasteiger partial charge in [0.25, 0.3) is 0 Å². The zero-order chi connectivity index (χ0) is 14.7. The standard InChI is InChI=1S/C14H20N4OS/c1-11-4-6-12(7-5-11)8-16(2)10-18-14(20)17(3)13(9-19)15-18/h4-7,19H,8-10H2,1-3H3. The van der Waals surface area contributed by atoms with Gasteiger partial charge in [-0.1, -0.05) is 29.8 Å². The highest BCUT2D eigenvalue weighted by Gasteiger charge is 2.08. The number of aromatic nitrogens is 3. The minimum absolute atomic E-state index is 0.102. The first-order valence-corrected chi connectivity index (χ1v) is 6.89. The van der Waals surface area contributed by atoms with Crippen molar-refractivity contribution in [2.45, 2.75) is 26.7 Å². The number of nitrogens with zero attached hydrogens (tertiary/aromatic N) is 4. The fourth-order valence-electron chi connectivity index (χ4n) is 2.05. The van der Waals surface area contributed by atoms with Gasteiger partial charge in [-0.05, 0) is 31.8 Å². The Morgan fingerprint density at radius 3 is 2.50 bits per heavy atom. The van der Waals surface area contributed by atoms with Crippen molar-refractivity contribution in [3.05, 3.63) is 46.0 Å². The van der Waals surface area contributed by atoms with E-state index in [4.69, 9.17) is 12.2 Å². The summed E-state index contributed by atoms with van der Waals surface area (Å²) in [6, 6.07) is 8.48. The maximum absolute atomic E-state index is 9.19. The molecule has 0 aliphatic carbocycles. The molecule has 0 aliphatic heterocycles. The van der Waals surface area contributed by atoms with E-state index in [2.05, 4.69) is 41.2 Å². The van der Waals surface area contributed by atoms with Gasteiger partial charge in [0.1, 0.15) is 6.61 Å². The van der Waals surface area contributed by atoms with E-state index in [9.17, 15) is 5.11 Å². The first-order chi connectivity index (χ1) is 9.51. The fourth-order valence-corrected chi connectivity index (χ4v) is 2.25. The van der Waals surface area contributed by atoms with Gasteiger partial charge in [0, 0.05) is 13.6 Å². The van der Waals surface area contributed by atoms with Crippen LogP contribution in [0.25, 0.3) is 0 Å². The Labute approximate surface area is 124 Å². The van der Waals surface area contributed by atoms with Gasteiger partial charge in [-0.25, -0.2) is 4.68 Å². The molecule has 0 unspecified atom stereocenters. The zero-order valence-electron chi connectivity index (χ0n) is 12.1. The lowest BCUT2D eigenvalue weighted by molar-refractivity contribution is 0.238. The molecule has 2 rings (SSSR count). The van der Waals surface area contributed by atoms with Crippen LogP contribution in [0.5, 0.6) is 0 Å².